The SMILES string of the molecule is O=C(Nc1ccc(Cc2ccc(NC(=O)C3CCCN3S(=O)(=O)c3ccc(Cl)s3)cc2)cc1)C1CCCN1S(=O)(=O)c1ccc(Cl)s1. The summed E-state index contributed by atoms with van der Waals surface area (Å²) in [5, 5.41) is 5.70. The van der Waals surface area contributed by atoms with Gasteiger partial charge in [0.05, 0.1) is 8.67 Å². The zero-order valence-corrected chi connectivity index (χ0v) is 29.5. The summed E-state index contributed by atoms with van der Waals surface area (Å²) in [6.45, 7) is 0.535. The molecule has 0 bridgehead atoms. The van der Waals surface area contributed by atoms with E-state index >= 15 is 0 Å². The van der Waals surface area contributed by atoms with Crippen LogP contribution in [0.4, 0.5) is 11.4 Å². The van der Waals surface area contributed by atoms with Crippen LogP contribution >= 0.6 is 45.9 Å². The molecule has 0 aliphatic carbocycles. The van der Waals surface area contributed by atoms with Gasteiger partial charge in [-0.1, -0.05) is 47.5 Å². The zero-order valence-electron chi connectivity index (χ0n) is 24.8. The molecule has 2 saturated heterocycles. The summed E-state index contributed by atoms with van der Waals surface area (Å²) >= 11 is 13.8. The maximum Gasteiger partial charge on any atom is 0.253 e. The van der Waals surface area contributed by atoms with Crippen LogP contribution in [0.3, 0.4) is 0 Å². The molecule has 248 valence electrons. The summed E-state index contributed by atoms with van der Waals surface area (Å²) in [7, 11) is -7.65. The van der Waals surface area contributed by atoms with Gasteiger partial charge in [-0.15, -0.1) is 22.7 Å². The molecule has 0 saturated carbocycles. The maximum absolute atomic E-state index is 13.1. The third kappa shape index (κ3) is 7.44. The topological polar surface area (TPSA) is 133 Å². The minimum absolute atomic E-state index is 0.119. The fourth-order valence-corrected chi connectivity index (χ4v) is 12.3. The lowest BCUT2D eigenvalue weighted by Gasteiger charge is -2.22. The number of thiophene rings is 2. The van der Waals surface area contributed by atoms with E-state index in [1.54, 1.807) is 24.3 Å². The van der Waals surface area contributed by atoms with Gasteiger partial charge in [0.25, 0.3) is 20.0 Å². The molecule has 0 radical (unpaired) electrons. The van der Waals surface area contributed by atoms with Crippen LogP contribution in [-0.2, 0) is 36.1 Å². The van der Waals surface area contributed by atoms with E-state index in [9.17, 15) is 26.4 Å². The van der Waals surface area contributed by atoms with Gasteiger partial charge in [-0.2, -0.15) is 8.61 Å². The van der Waals surface area contributed by atoms with E-state index in [-0.39, 0.29) is 33.3 Å². The predicted molar refractivity (Wildman–Crippen MR) is 185 cm³/mol. The van der Waals surface area contributed by atoms with Gasteiger partial charge >= 0.3 is 0 Å². The Morgan fingerprint density at radius 1 is 0.638 bits per heavy atom. The average Bonchev–Trinajstić information content (AvgIpc) is 3.86. The molecule has 47 heavy (non-hydrogen) atoms. The molecular formula is C31H30Cl2N4O6S4. The van der Waals surface area contributed by atoms with Gasteiger partial charge in [0, 0.05) is 24.5 Å². The van der Waals surface area contributed by atoms with Crippen LogP contribution in [0.2, 0.25) is 8.67 Å². The van der Waals surface area contributed by atoms with Gasteiger partial charge in [-0.25, -0.2) is 16.8 Å². The van der Waals surface area contributed by atoms with E-state index in [1.807, 2.05) is 24.3 Å². The summed E-state index contributed by atoms with van der Waals surface area (Å²) in [6, 6.07) is 19.0. The Bertz CT molecular complexity index is 1850. The number of carbonyl (C=O) groups is 2. The number of nitrogens with one attached hydrogen (secondary N) is 2. The van der Waals surface area contributed by atoms with Crippen LogP contribution < -0.4 is 10.6 Å². The van der Waals surface area contributed by atoms with Crippen molar-refractivity contribution in [3.05, 3.63) is 92.6 Å². The Kier molecular flexibility index (Phi) is 10.1. The first-order chi connectivity index (χ1) is 22.4. The number of hydrogen-bond donors (Lipinski definition) is 2. The Morgan fingerprint density at radius 3 is 1.36 bits per heavy atom. The highest BCUT2D eigenvalue weighted by Gasteiger charge is 2.41. The first-order valence-electron chi connectivity index (χ1n) is 14.8. The molecule has 2 amide bonds. The van der Waals surface area contributed by atoms with Crippen LogP contribution in [0.25, 0.3) is 0 Å². The highest BCUT2D eigenvalue weighted by atomic mass is 35.5. The molecule has 2 atom stereocenters. The molecule has 2 fully saturated rings. The number of rotatable bonds is 10. The van der Waals surface area contributed by atoms with E-state index in [0.717, 1.165) is 33.8 Å². The van der Waals surface area contributed by atoms with Crippen molar-refractivity contribution >= 4 is 89.1 Å². The minimum Gasteiger partial charge on any atom is -0.325 e. The fraction of sp³-hybridized carbons (Fsp3) is 0.290. The summed E-state index contributed by atoms with van der Waals surface area (Å²) in [5.41, 5.74) is 3.09. The van der Waals surface area contributed by atoms with Crippen LogP contribution in [0, 0.1) is 0 Å². The number of benzene rings is 2. The largest absolute Gasteiger partial charge is 0.325 e. The summed E-state index contributed by atoms with van der Waals surface area (Å²) in [6.07, 6.45) is 2.63. The lowest BCUT2D eigenvalue weighted by atomic mass is 10.0. The number of amides is 2. The first kappa shape index (κ1) is 34.1. The molecule has 4 heterocycles. The van der Waals surface area contributed by atoms with Crippen molar-refractivity contribution < 1.29 is 26.4 Å². The maximum atomic E-state index is 13.1. The van der Waals surface area contributed by atoms with Gasteiger partial charge in [0.1, 0.15) is 20.5 Å². The molecule has 16 heteroatoms. The fourth-order valence-electron chi connectivity index (χ4n) is 5.78. The van der Waals surface area contributed by atoms with Crippen LogP contribution in [0.1, 0.15) is 36.8 Å². The molecule has 6 rings (SSSR count). The zero-order chi connectivity index (χ0) is 33.3. The van der Waals surface area contributed by atoms with Crippen LogP contribution in [0.15, 0.2) is 81.2 Å². The summed E-state index contributed by atoms with van der Waals surface area (Å²) in [5.74, 6) is -0.762. The van der Waals surface area contributed by atoms with Gasteiger partial charge < -0.3 is 10.6 Å². The molecule has 10 nitrogen and oxygen atoms in total. The van der Waals surface area contributed by atoms with Gasteiger partial charge in [-0.3, -0.25) is 9.59 Å². The third-order valence-corrected chi connectivity index (χ3v) is 15.3. The molecule has 2 aromatic carbocycles. The van der Waals surface area contributed by atoms with Gasteiger partial charge in [0.15, 0.2) is 0 Å². The Morgan fingerprint density at radius 2 is 1.02 bits per heavy atom. The molecule has 2 aromatic heterocycles. The first-order valence-corrected chi connectivity index (χ1v) is 20.0. The van der Waals surface area contributed by atoms with Gasteiger partial charge in [-0.05, 0) is 91.8 Å². The van der Waals surface area contributed by atoms with Crippen molar-refractivity contribution in [2.45, 2.75) is 52.6 Å². The van der Waals surface area contributed by atoms with E-state index in [1.165, 1.54) is 32.9 Å². The second-order valence-electron chi connectivity index (χ2n) is 11.2. The van der Waals surface area contributed by atoms with Crippen LogP contribution in [-0.4, -0.2) is 62.4 Å². The number of halogens is 2. The highest BCUT2D eigenvalue weighted by molar-refractivity contribution is 7.91. The van der Waals surface area contributed by atoms with Crippen molar-refractivity contribution in [2.24, 2.45) is 0 Å². The number of sulfonamides is 2. The molecular weight excluding hydrogens is 724 g/mol. The molecule has 4 aromatic rings. The normalized spacial score (nSPS) is 19.2. The third-order valence-electron chi connectivity index (χ3n) is 8.09. The lowest BCUT2D eigenvalue weighted by molar-refractivity contribution is -0.119. The molecule has 0 spiro atoms. The second-order valence-corrected chi connectivity index (χ2v) is 18.9. The van der Waals surface area contributed by atoms with Crippen molar-refractivity contribution in [1.29, 1.82) is 0 Å². The monoisotopic (exact) mass is 752 g/mol. The van der Waals surface area contributed by atoms with E-state index in [0.29, 0.717) is 52.2 Å². The smallest absolute Gasteiger partial charge is 0.253 e. The van der Waals surface area contributed by atoms with Crippen molar-refractivity contribution in [3.8, 4) is 0 Å². The van der Waals surface area contributed by atoms with E-state index < -0.39 is 32.1 Å². The quantitative estimate of drug-likeness (QED) is 0.196. The minimum atomic E-state index is -3.82. The highest BCUT2D eigenvalue weighted by Crippen LogP contribution is 2.34. The average molecular weight is 754 g/mol. The number of nitrogens with zero attached hydrogens (tertiary/aromatic N) is 2. The van der Waals surface area contributed by atoms with Gasteiger partial charge in [0.2, 0.25) is 11.8 Å². The van der Waals surface area contributed by atoms with E-state index in [4.69, 9.17) is 23.2 Å². The number of carbonyl (C=O) groups excluding carboxylic acids is 2. The lowest BCUT2D eigenvalue weighted by Crippen LogP contribution is -2.42. The Hall–Kier alpha value is -2.82. The van der Waals surface area contributed by atoms with Crippen LogP contribution in [0.5, 0.6) is 0 Å². The molecule has 2 unspecified atom stereocenters. The molecule has 2 aliphatic heterocycles. The van der Waals surface area contributed by atoms with Crippen molar-refractivity contribution in [1.82, 2.24) is 8.61 Å². The number of hydrogen-bond acceptors (Lipinski definition) is 8. The van der Waals surface area contributed by atoms with Crippen molar-refractivity contribution in [2.75, 3.05) is 23.7 Å². The molecule has 2 N–H and O–H groups in total. The second kappa shape index (κ2) is 14.0. The predicted octanol–water partition coefficient (Wildman–Crippen LogP) is 6.29. The van der Waals surface area contributed by atoms with E-state index in [2.05, 4.69) is 10.6 Å². The summed E-state index contributed by atoms with van der Waals surface area (Å²) in [4.78, 5) is 26.2. The van der Waals surface area contributed by atoms with Crippen molar-refractivity contribution in [3.63, 3.8) is 0 Å². The molecule has 2 aliphatic rings. The summed E-state index contributed by atoms with van der Waals surface area (Å²) < 4.78 is 55.9. The number of anilines is 2. The standard InChI is InChI=1S/C31H30Cl2N4O6S4/c32-26-13-15-28(44-26)46(40,41)36-17-1-3-24(36)30(38)34-22-9-5-20(6-10-22)19-21-7-11-23(12-8-21)35-31(39)25-4-2-18-37(25)47(42,43)29-16-14-27(33)45-29/h5-16,24-25H,1-4,17-19H2,(H,34,38)(H,35,39). The Balaban J connectivity index is 1.03. The Labute approximate surface area is 291 Å².